The van der Waals surface area contributed by atoms with Crippen molar-refractivity contribution >= 4 is 33.9 Å². The molecule has 116 valence electrons. The van der Waals surface area contributed by atoms with E-state index in [4.69, 9.17) is 20.0 Å². The van der Waals surface area contributed by atoms with Crippen molar-refractivity contribution in [2.75, 3.05) is 18.9 Å². The van der Waals surface area contributed by atoms with Crippen molar-refractivity contribution in [3.63, 3.8) is 0 Å². The summed E-state index contributed by atoms with van der Waals surface area (Å²) in [5.74, 6) is -1.15. The fraction of sp³-hybridized carbons (Fsp3) is 0.188. The normalized spacial score (nSPS) is 15.0. The van der Waals surface area contributed by atoms with Gasteiger partial charge in [0.05, 0.1) is 24.0 Å². The molecule has 3 N–H and O–H groups in total. The maximum atomic E-state index is 12.7. The summed E-state index contributed by atoms with van der Waals surface area (Å²) in [7, 11) is 0. The molecule has 0 saturated carbocycles. The number of ether oxygens (including phenoxy) is 1. The number of carboxylic acid groups (broad SMARTS) is 1. The first-order chi connectivity index (χ1) is 11.0. The molecule has 1 fully saturated rings. The van der Waals surface area contributed by atoms with Crippen molar-refractivity contribution in [3.8, 4) is 0 Å². The average Bonchev–Trinajstić information content (AvgIpc) is 2.45. The van der Waals surface area contributed by atoms with Gasteiger partial charge in [0.15, 0.2) is 0 Å². The van der Waals surface area contributed by atoms with Crippen LogP contribution in [0.25, 0.3) is 22.1 Å². The number of pyridine rings is 1. The number of carbonyl (C=O) groups is 1. The van der Waals surface area contributed by atoms with Crippen LogP contribution in [0.15, 0.2) is 33.5 Å². The van der Waals surface area contributed by atoms with Crippen LogP contribution in [0.2, 0.25) is 0 Å². The molecule has 0 unspecified atom stereocenters. The van der Waals surface area contributed by atoms with Gasteiger partial charge in [-0.3, -0.25) is 4.79 Å². The molecule has 1 aromatic carbocycles. The molecule has 0 bridgehead atoms. The summed E-state index contributed by atoms with van der Waals surface area (Å²) in [5, 5.41) is 9.62. The molecule has 3 heterocycles. The van der Waals surface area contributed by atoms with Crippen LogP contribution in [-0.2, 0) is 4.74 Å². The first-order valence-corrected chi connectivity index (χ1v) is 7.02. The predicted octanol–water partition coefficient (Wildman–Crippen LogP) is 1.74. The molecule has 0 spiro atoms. The van der Waals surface area contributed by atoms with E-state index in [9.17, 15) is 9.59 Å². The van der Waals surface area contributed by atoms with E-state index < -0.39 is 5.97 Å². The van der Waals surface area contributed by atoms with E-state index in [-0.39, 0.29) is 33.8 Å². The number of aromatic nitrogens is 1. The third-order valence-electron chi connectivity index (χ3n) is 4.06. The van der Waals surface area contributed by atoms with Crippen molar-refractivity contribution in [2.24, 2.45) is 0 Å². The predicted molar refractivity (Wildman–Crippen MR) is 82.7 cm³/mol. The minimum atomic E-state index is -1.24. The van der Waals surface area contributed by atoms with Gasteiger partial charge in [0.2, 0.25) is 11.1 Å². The van der Waals surface area contributed by atoms with E-state index in [1.54, 1.807) is 12.1 Å². The monoisotopic (exact) mass is 312 g/mol. The highest BCUT2D eigenvalue weighted by molar-refractivity contribution is 5.98. The molecule has 23 heavy (non-hydrogen) atoms. The molecule has 1 saturated heterocycles. The van der Waals surface area contributed by atoms with Crippen LogP contribution in [0.4, 0.5) is 5.82 Å². The zero-order valence-corrected chi connectivity index (χ0v) is 11.9. The first kappa shape index (κ1) is 13.7. The number of benzene rings is 1. The lowest BCUT2D eigenvalue weighted by atomic mass is 9.96. The van der Waals surface area contributed by atoms with Gasteiger partial charge in [0.1, 0.15) is 17.0 Å². The van der Waals surface area contributed by atoms with Crippen LogP contribution in [0.3, 0.4) is 0 Å². The van der Waals surface area contributed by atoms with Crippen molar-refractivity contribution < 1.29 is 19.1 Å². The second-order valence-corrected chi connectivity index (χ2v) is 5.50. The minimum absolute atomic E-state index is 0.0322. The quantitative estimate of drug-likeness (QED) is 0.692. The van der Waals surface area contributed by atoms with Gasteiger partial charge in [0, 0.05) is 5.92 Å². The van der Waals surface area contributed by atoms with Gasteiger partial charge in [0.25, 0.3) is 0 Å². The molecular formula is C16H12N2O5. The van der Waals surface area contributed by atoms with Crippen LogP contribution >= 0.6 is 0 Å². The molecule has 1 aliphatic heterocycles. The van der Waals surface area contributed by atoms with E-state index in [0.29, 0.717) is 24.2 Å². The number of hydrogen-bond donors (Lipinski definition) is 2. The summed E-state index contributed by atoms with van der Waals surface area (Å²) in [6.07, 6.45) is 0. The number of carboxylic acids is 1. The zero-order chi connectivity index (χ0) is 16.1. The maximum Gasteiger partial charge on any atom is 0.339 e. The molecule has 7 heteroatoms. The van der Waals surface area contributed by atoms with Gasteiger partial charge in [-0.05, 0) is 23.8 Å². The largest absolute Gasteiger partial charge is 0.478 e. The van der Waals surface area contributed by atoms with Crippen molar-refractivity contribution in [2.45, 2.75) is 5.92 Å². The second kappa shape index (κ2) is 4.79. The fourth-order valence-corrected chi connectivity index (χ4v) is 2.67. The molecule has 0 atom stereocenters. The van der Waals surface area contributed by atoms with Crippen molar-refractivity contribution in [3.05, 3.63) is 45.6 Å². The number of nitrogens with two attached hydrogens (primary N) is 1. The number of aromatic carboxylic acids is 1. The lowest BCUT2D eigenvalue weighted by Crippen LogP contribution is -2.25. The van der Waals surface area contributed by atoms with Gasteiger partial charge in [-0.15, -0.1) is 0 Å². The van der Waals surface area contributed by atoms with Gasteiger partial charge in [-0.2, -0.15) is 4.98 Å². The highest BCUT2D eigenvalue weighted by Gasteiger charge is 2.22. The lowest BCUT2D eigenvalue weighted by Gasteiger charge is -2.26. The summed E-state index contributed by atoms with van der Waals surface area (Å²) in [6.45, 7) is 1.26. The van der Waals surface area contributed by atoms with E-state index in [0.717, 1.165) is 5.56 Å². The molecule has 7 nitrogen and oxygen atoms in total. The molecule has 0 aliphatic carbocycles. The third-order valence-corrected chi connectivity index (χ3v) is 4.06. The number of anilines is 1. The molecule has 1 aliphatic rings. The SMILES string of the molecule is Nc1nc2oc3ccc(C4COC4)cc3c(=O)c2cc1C(=O)O. The Bertz CT molecular complexity index is 1020. The smallest absolute Gasteiger partial charge is 0.339 e. The summed E-state index contributed by atoms with van der Waals surface area (Å²) < 4.78 is 10.8. The lowest BCUT2D eigenvalue weighted by molar-refractivity contribution is 0.00847. The number of hydrogen-bond acceptors (Lipinski definition) is 6. The van der Waals surface area contributed by atoms with Crippen LogP contribution in [0.5, 0.6) is 0 Å². The standard InChI is InChI=1S/C16H12N2O5/c17-14-11(16(20)21)4-10-13(19)9-3-7(8-5-22-6-8)1-2-12(9)23-15(10)18-14/h1-4,8H,5-6H2,(H2,17,18)(H,20,21). The number of rotatable bonds is 2. The Morgan fingerprint density at radius 3 is 2.70 bits per heavy atom. The molecule has 3 aromatic rings. The van der Waals surface area contributed by atoms with Crippen molar-refractivity contribution in [1.82, 2.24) is 4.98 Å². The van der Waals surface area contributed by atoms with Gasteiger partial charge < -0.3 is 20.0 Å². The number of nitrogens with zero attached hydrogens (tertiary/aromatic N) is 1. The van der Waals surface area contributed by atoms with Crippen LogP contribution in [-0.4, -0.2) is 29.3 Å². The fourth-order valence-electron chi connectivity index (χ4n) is 2.67. The Labute approximate surface area is 129 Å². The van der Waals surface area contributed by atoms with Gasteiger partial charge >= 0.3 is 5.97 Å². The number of nitrogen functional groups attached to an aromatic ring is 1. The Balaban J connectivity index is 2.02. The Kier molecular flexibility index (Phi) is 2.85. The molecule has 0 radical (unpaired) electrons. The Morgan fingerprint density at radius 1 is 1.26 bits per heavy atom. The van der Waals surface area contributed by atoms with E-state index in [2.05, 4.69) is 4.98 Å². The second-order valence-electron chi connectivity index (χ2n) is 5.50. The van der Waals surface area contributed by atoms with E-state index in [1.165, 1.54) is 6.07 Å². The number of fused-ring (bicyclic) bond motifs is 2. The van der Waals surface area contributed by atoms with Crippen LogP contribution in [0, 0.1) is 0 Å². The molecule has 0 amide bonds. The first-order valence-electron chi connectivity index (χ1n) is 7.02. The minimum Gasteiger partial charge on any atom is -0.478 e. The highest BCUT2D eigenvalue weighted by atomic mass is 16.5. The zero-order valence-electron chi connectivity index (χ0n) is 11.9. The maximum absolute atomic E-state index is 12.7. The summed E-state index contributed by atoms with van der Waals surface area (Å²) in [6, 6.07) is 6.58. The average molecular weight is 312 g/mol. The molecular weight excluding hydrogens is 300 g/mol. The summed E-state index contributed by atoms with van der Waals surface area (Å²) in [4.78, 5) is 27.8. The van der Waals surface area contributed by atoms with E-state index in [1.807, 2.05) is 6.07 Å². The topological polar surface area (TPSA) is 116 Å². The van der Waals surface area contributed by atoms with E-state index >= 15 is 0 Å². The molecule has 2 aromatic heterocycles. The van der Waals surface area contributed by atoms with Gasteiger partial charge in [-0.25, -0.2) is 4.79 Å². The van der Waals surface area contributed by atoms with Gasteiger partial charge in [-0.1, -0.05) is 6.07 Å². The summed E-state index contributed by atoms with van der Waals surface area (Å²) >= 11 is 0. The molecule has 4 rings (SSSR count). The van der Waals surface area contributed by atoms with Crippen LogP contribution in [0.1, 0.15) is 21.8 Å². The third kappa shape index (κ3) is 2.05. The van der Waals surface area contributed by atoms with Crippen molar-refractivity contribution in [1.29, 1.82) is 0 Å². The Morgan fingerprint density at radius 2 is 2.04 bits per heavy atom. The summed E-state index contributed by atoms with van der Waals surface area (Å²) in [5.41, 5.74) is 6.49. The van der Waals surface area contributed by atoms with Crippen LogP contribution < -0.4 is 11.2 Å². The highest BCUT2D eigenvalue weighted by Crippen LogP contribution is 2.27. The Hall–Kier alpha value is -2.93.